The number of halogens is 2. The van der Waals surface area contributed by atoms with Crippen molar-refractivity contribution in [1.82, 2.24) is 111 Å². The number of fused-ring (bicyclic) bond motifs is 7. The van der Waals surface area contributed by atoms with Gasteiger partial charge in [-0.2, -0.15) is 15.7 Å². The highest BCUT2D eigenvalue weighted by atomic mass is 35.5. The highest BCUT2D eigenvalue weighted by Gasteiger charge is 2.26. The number of nitriles is 1. The number of benzene rings is 7. The Morgan fingerprint density at radius 2 is 0.625 bits per heavy atom. The van der Waals surface area contributed by atoms with E-state index in [1.54, 1.807) is 20.1 Å². The molecule has 9 aromatic heterocycles. The first-order valence-corrected chi connectivity index (χ1v) is 41.5. The van der Waals surface area contributed by atoms with E-state index in [1.165, 1.54) is 71.1 Å². The number of aryl methyl sites for hydroxylation is 7. The van der Waals surface area contributed by atoms with Gasteiger partial charge in [-0.05, 0) is 234 Å². The summed E-state index contributed by atoms with van der Waals surface area (Å²) in [5.74, 6) is 2.23. The fourth-order valence-corrected chi connectivity index (χ4v) is 14.4. The number of rotatable bonds is 17. The number of ether oxygens (including phenoxy) is 11. The first kappa shape index (κ1) is 104. The summed E-state index contributed by atoms with van der Waals surface area (Å²) in [5, 5.41) is 46.5. The van der Waals surface area contributed by atoms with E-state index in [1.807, 2.05) is 126 Å². The molecule has 7 N–H and O–H groups in total. The highest BCUT2D eigenvalue weighted by molar-refractivity contribution is 6.40. The van der Waals surface area contributed by atoms with Gasteiger partial charge < -0.3 is 77.1 Å². The number of aliphatic hydroxyl groups excluding tert-OH is 1. The van der Waals surface area contributed by atoms with Gasteiger partial charge in [-0.3, -0.25) is 19.2 Å². The first-order valence-electron chi connectivity index (χ1n) is 40.8. The predicted molar refractivity (Wildman–Crippen MR) is 507 cm³/mol. The average molecular weight is 1900 g/mol. The van der Waals surface area contributed by atoms with Crippen LogP contribution in [0.2, 0.25) is 10.3 Å². The van der Waals surface area contributed by atoms with Gasteiger partial charge >= 0.3 is 40.1 Å². The number of H-pyrrole nitrogens is 6. The van der Waals surface area contributed by atoms with Crippen LogP contribution in [0.5, 0.6) is 47.0 Å². The zero-order valence-electron chi connectivity index (χ0n) is 78.5. The summed E-state index contributed by atoms with van der Waals surface area (Å²) >= 11 is 11.7. The van der Waals surface area contributed by atoms with Crippen molar-refractivity contribution in [3.05, 3.63) is 223 Å². The van der Waals surface area contributed by atoms with E-state index in [0.29, 0.717) is 144 Å². The van der Waals surface area contributed by atoms with Gasteiger partial charge in [-0.25, -0.2) is 64.2 Å². The Bertz CT molecular complexity index is 7550. The topological polar surface area (TPSA) is 566 Å². The Kier molecular flexibility index (Phi) is 34.7. The van der Waals surface area contributed by atoms with Crippen LogP contribution >= 0.6 is 23.2 Å². The molecule has 0 spiro atoms. The smallest absolute Gasteiger partial charge is 0.340 e. The first-order chi connectivity index (χ1) is 64.4. The third-order valence-electron chi connectivity index (χ3n) is 22.2. The predicted octanol–water partition coefficient (Wildman–Crippen LogP) is 12.0. The van der Waals surface area contributed by atoms with Crippen molar-refractivity contribution < 1.29 is 71.6 Å². The number of carbonyl (C=O) groups excluding carboxylic acids is 3. The van der Waals surface area contributed by atoms with Crippen molar-refractivity contribution in [1.29, 1.82) is 5.26 Å². The average Bonchev–Trinajstić information content (AvgIpc) is 0.918. The number of hydrogen-bond donors (Lipinski definition) is 7. The number of esters is 3. The summed E-state index contributed by atoms with van der Waals surface area (Å²) in [7, 11) is 16.0. The molecule has 0 fully saturated rings. The standard InChI is InChI=1S/C14H16N6O2.C14H15N3O2.C14H16N2O4.C13H16N2O3.C12H10Cl2N2O2.C12H12N6O2.C12H12N2O4.CH4/c1-7-5-10-12(16-14(22-4)13(15-10)21-3)9(8(7)2)6-11-17-19-20-18-11;1-8-7-11-12(10(5-6-15)9(8)2)17-14(19-4)13(16-11)18-3;1-7-6-9-11(10(8(7)2)14(17)20-5)16-13(19-4)12(15-9)18-3;1-7-5-10-11(9(6-16)8(7)2)15-13(18-4)12(14-10)17-3;1-5-4-7-9(16-11(14)10(13)15-7)8(6(5)2)12(17)18-3;1-5-3-8-10(14-12(20)11(19)13-8)7(6(5)2)4-9-15-17-18-16-9;1-5-4-7-9(14-11(16)10(15)13-7)8(6(5)2)12(17)18-3;/h5H,6H2,1-4H3,(H,17,18,19,20);7H,5H2,1-4H3;6H,1-5H3;5,16H,6H2,1-4H3;4H,1-3H3;3H,4H2,1-2H3,(H,13,19)(H,14,20)(H,15,16,17,18);4H,1-3H3,(H,13,15)(H,14,16);1H4. The maximum Gasteiger partial charge on any atom is 0.340 e. The summed E-state index contributed by atoms with van der Waals surface area (Å²) in [4.78, 5) is 135. The van der Waals surface area contributed by atoms with E-state index in [2.05, 4.69) is 117 Å². The maximum absolute atomic E-state index is 12.0. The van der Waals surface area contributed by atoms with Crippen molar-refractivity contribution in [3.63, 3.8) is 0 Å². The van der Waals surface area contributed by atoms with Gasteiger partial charge in [-0.15, -0.1) is 20.4 Å². The molecule has 42 nitrogen and oxygen atoms in total. The Labute approximate surface area is 786 Å². The summed E-state index contributed by atoms with van der Waals surface area (Å²) in [6, 6.07) is 15.2. The SMILES string of the molecule is C.COC(=O)c1c(C)c(C)cc2[nH]c(=O)c(=O)[nH]c12.COC(=O)c1c(C)c(C)cc2nc(Cl)c(Cl)nc12.COC(=O)c1c(C)c(C)cc2nc(OC)c(OC)nc12.COc1nc2cc(C)c(C)c(CC#N)c2nc1OC.COc1nc2cc(C)c(C)c(CO)c2nc1OC.COc1nc2cc(C)c(C)c(Cc3nn[nH]n3)c2nc1OC.Cc1cc2[nH]c(=O)c(=O)[nH]c2c(Cc2nn[nH]n2)c1C. The maximum atomic E-state index is 12.0. The molecule has 44 heteroatoms. The molecule has 9 heterocycles. The van der Waals surface area contributed by atoms with E-state index in [-0.39, 0.29) is 47.2 Å². The fourth-order valence-electron chi connectivity index (χ4n) is 14.1. The molecule has 0 amide bonds. The van der Waals surface area contributed by atoms with E-state index >= 15 is 0 Å². The molecule has 16 rings (SSSR count). The second-order valence-electron chi connectivity index (χ2n) is 30.0. The van der Waals surface area contributed by atoms with Crippen molar-refractivity contribution >= 4 is 118 Å². The summed E-state index contributed by atoms with van der Waals surface area (Å²) in [6.45, 7) is 26.8. The number of tetrazole rings is 2. The van der Waals surface area contributed by atoms with Gasteiger partial charge in [0.2, 0.25) is 0 Å². The number of aromatic amines is 6. The number of aromatic nitrogens is 22. The molecule has 0 saturated carbocycles. The molecule has 0 bridgehead atoms. The minimum Gasteiger partial charge on any atom is -0.477 e. The lowest BCUT2D eigenvalue weighted by molar-refractivity contribution is 0.0592. The summed E-state index contributed by atoms with van der Waals surface area (Å²) in [6.07, 6.45) is 1.24. The van der Waals surface area contributed by atoms with Gasteiger partial charge in [0.25, 0.3) is 47.0 Å². The van der Waals surface area contributed by atoms with Crippen molar-refractivity contribution in [2.45, 2.75) is 130 Å². The van der Waals surface area contributed by atoms with Gasteiger partial charge in [0.1, 0.15) is 11.0 Å². The molecule has 0 aliphatic carbocycles. The molecule has 0 radical (unpaired) electrons. The molecular formula is C92H101Cl2N23O19. The molecule has 0 saturated heterocycles. The summed E-state index contributed by atoms with van der Waals surface area (Å²) < 4.78 is 55.6. The molecule has 136 heavy (non-hydrogen) atoms. The molecule has 0 aliphatic rings. The number of carbonyl (C=O) groups is 3. The third-order valence-corrected chi connectivity index (χ3v) is 22.9. The lowest BCUT2D eigenvalue weighted by Crippen LogP contribution is -2.29. The van der Waals surface area contributed by atoms with Crippen LogP contribution in [-0.2, 0) is 40.1 Å². The summed E-state index contributed by atoms with van der Waals surface area (Å²) in [5.41, 5.74) is 23.3. The highest BCUT2D eigenvalue weighted by Crippen LogP contribution is 2.37. The lowest BCUT2D eigenvalue weighted by atomic mass is 9.98. The molecule has 0 aliphatic heterocycles. The van der Waals surface area contributed by atoms with Gasteiger partial charge in [0, 0.05) is 18.4 Å². The van der Waals surface area contributed by atoms with Crippen molar-refractivity contribution in [2.75, 3.05) is 78.2 Å². The fraction of sp³-hybridized carbons (Fsp3) is 0.326. The number of nitrogens with zero attached hydrogens (tertiary/aromatic N) is 17. The third kappa shape index (κ3) is 22.4. The van der Waals surface area contributed by atoms with Crippen LogP contribution in [0.15, 0.2) is 61.6 Å². The van der Waals surface area contributed by atoms with Gasteiger partial charge in [0.15, 0.2) is 22.0 Å². The Morgan fingerprint density at radius 3 is 1.01 bits per heavy atom. The second-order valence-corrected chi connectivity index (χ2v) is 30.7. The largest absolute Gasteiger partial charge is 0.477 e. The molecule has 0 atom stereocenters. The van der Waals surface area contributed by atoms with Crippen LogP contribution in [0.1, 0.15) is 150 Å². The van der Waals surface area contributed by atoms with E-state index in [0.717, 1.165) is 106 Å². The lowest BCUT2D eigenvalue weighted by Gasteiger charge is -2.13. The monoisotopic (exact) mass is 1900 g/mol. The molecule has 7 aromatic carbocycles. The molecular weight excluding hydrogens is 1800 g/mol. The van der Waals surface area contributed by atoms with Crippen LogP contribution in [0, 0.1) is 108 Å². The van der Waals surface area contributed by atoms with Crippen LogP contribution in [0.3, 0.4) is 0 Å². The van der Waals surface area contributed by atoms with Crippen molar-refractivity contribution in [3.8, 4) is 53.1 Å². The Morgan fingerprint density at radius 1 is 0.346 bits per heavy atom. The van der Waals surface area contributed by atoms with Crippen LogP contribution < -0.4 is 60.1 Å². The van der Waals surface area contributed by atoms with Crippen molar-refractivity contribution in [2.24, 2.45) is 0 Å². The molecule has 16 aromatic rings. The zero-order chi connectivity index (χ0) is 99.0. The number of aliphatic hydroxyl groups is 1. The number of methoxy groups -OCH3 is 11. The Hall–Kier alpha value is -15.9. The quantitative estimate of drug-likeness (QED) is 0.0253. The zero-order valence-corrected chi connectivity index (χ0v) is 80.0. The second kappa shape index (κ2) is 45.5. The number of hydrogen-bond acceptors (Lipinski definition) is 36. The Balaban J connectivity index is 0.000000178. The normalized spacial score (nSPS) is 10.6. The molecule has 712 valence electrons. The van der Waals surface area contributed by atoms with Crippen LogP contribution in [-0.4, -0.2) is 212 Å². The van der Waals surface area contributed by atoms with Gasteiger partial charge in [-0.1, -0.05) is 41.1 Å². The van der Waals surface area contributed by atoms with Crippen LogP contribution in [0.4, 0.5) is 0 Å². The van der Waals surface area contributed by atoms with E-state index in [4.69, 9.17) is 80.6 Å². The minimum atomic E-state index is -0.795. The number of nitrogens with one attached hydrogen (secondary N) is 6. The minimum absolute atomic E-state index is 0. The van der Waals surface area contributed by atoms with E-state index in [9.17, 15) is 38.7 Å². The van der Waals surface area contributed by atoms with E-state index < -0.39 is 40.1 Å². The molecule has 0 unspecified atom stereocenters. The van der Waals surface area contributed by atoms with Crippen LogP contribution in [0.25, 0.3) is 77.2 Å². The van der Waals surface area contributed by atoms with Gasteiger partial charge in [0.05, 0.1) is 180 Å².